The van der Waals surface area contributed by atoms with E-state index in [0.717, 1.165) is 0 Å². The first-order valence-electron chi connectivity index (χ1n) is 8.93. The summed E-state index contributed by atoms with van der Waals surface area (Å²) in [5.74, 6) is 0.350. The summed E-state index contributed by atoms with van der Waals surface area (Å²) >= 11 is 5.86. The first-order valence-corrected chi connectivity index (χ1v) is 9.31. The maximum Gasteiger partial charge on any atom is 0.573 e. The van der Waals surface area contributed by atoms with Crippen LogP contribution in [0.3, 0.4) is 0 Å². The van der Waals surface area contributed by atoms with Gasteiger partial charge in [0, 0.05) is 17.1 Å². The smallest absolute Gasteiger partial charge is 0.441 e. The van der Waals surface area contributed by atoms with Crippen molar-refractivity contribution in [3.63, 3.8) is 0 Å². The molecular formula is C20H19ClF3N3O3. The molecule has 2 aromatic carbocycles. The third-order valence-electron chi connectivity index (χ3n) is 4.19. The number of ether oxygens (including phenoxy) is 2. The molecule has 160 valence electrons. The van der Waals surface area contributed by atoms with Crippen LogP contribution in [-0.4, -0.2) is 36.5 Å². The quantitative estimate of drug-likeness (QED) is 0.571. The van der Waals surface area contributed by atoms with E-state index in [2.05, 4.69) is 15.0 Å². The number of halogens is 4. The molecule has 0 bridgehead atoms. The third kappa shape index (κ3) is 5.96. The van der Waals surface area contributed by atoms with Crippen molar-refractivity contribution in [2.75, 3.05) is 13.1 Å². The zero-order valence-electron chi connectivity index (χ0n) is 15.6. The number of aliphatic hydroxyl groups is 1. The molecule has 2 unspecified atom stereocenters. The molecule has 30 heavy (non-hydrogen) atoms. The predicted molar refractivity (Wildman–Crippen MR) is 107 cm³/mol. The maximum absolute atomic E-state index is 12.3. The Bertz CT molecular complexity index is 916. The highest BCUT2D eigenvalue weighted by Gasteiger charge is 2.31. The lowest BCUT2D eigenvalue weighted by atomic mass is 10.1. The molecule has 1 aliphatic rings. The van der Waals surface area contributed by atoms with Crippen molar-refractivity contribution in [3.8, 4) is 5.75 Å². The number of hydrogen-bond donors (Lipinski definition) is 3. The molecular weight excluding hydrogens is 423 g/mol. The number of alkyl halides is 3. The van der Waals surface area contributed by atoms with Gasteiger partial charge in [-0.15, -0.1) is 13.2 Å². The summed E-state index contributed by atoms with van der Waals surface area (Å²) < 4.78 is 46.6. The molecule has 0 amide bonds. The lowest BCUT2D eigenvalue weighted by Crippen LogP contribution is -2.46. The Morgan fingerprint density at radius 1 is 1.17 bits per heavy atom. The van der Waals surface area contributed by atoms with Crippen molar-refractivity contribution in [1.82, 2.24) is 5.32 Å². The van der Waals surface area contributed by atoms with Crippen molar-refractivity contribution in [2.45, 2.75) is 18.6 Å². The lowest BCUT2D eigenvalue weighted by molar-refractivity contribution is -0.274. The van der Waals surface area contributed by atoms with Crippen LogP contribution in [0.1, 0.15) is 17.4 Å². The summed E-state index contributed by atoms with van der Waals surface area (Å²) in [6, 6.07) is 11.4. The van der Waals surface area contributed by atoms with E-state index < -0.39 is 18.6 Å². The van der Waals surface area contributed by atoms with Gasteiger partial charge in [-0.1, -0.05) is 23.7 Å². The summed E-state index contributed by atoms with van der Waals surface area (Å²) in [7, 11) is 0. The molecule has 6 nitrogen and oxygen atoms in total. The van der Waals surface area contributed by atoms with E-state index in [9.17, 15) is 18.3 Å². The number of hydrogen-bond acceptors (Lipinski definition) is 6. The van der Waals surface area contributed by atoms with Crippen LogP contribution < -0.4 is 15.8 Å². The Balaban J connectivity index is 1.66. The molecule has 2 aromatic rings. The number of nitrogens with one attached hydrogen (secondary N) is 1. The van der Waals surface area contributed by atoms with E-state index in [1.54, 1.807) is 30.3 Å². The topological polar surface area (TPSA) is 89.1 Å². The molecule has 0 aliphatic carbocycles. The van der Waals surface area contributed by atoms with Crippen LogP contribution in [0.4, 0.5) is 13.2 Å². The van der Waals surface area contributed by atoms with Gasteiger partial charge < -0.3 is 20.3 Å². The molecule has 0 radical (unpaired) electrons. The van der Waals surface area contributed by atoms with Gasteiger partial charge in [0.15, 0.2) is 0 Å². The highest BCUT2D eigenvalue weighted by Crippen LogP contribution is 2.26. The van der Waals surface area contributed by atoms with Gasteiger partial charge in [-0.3, -0.25) is 5.32 Å². The number of nitrogens with zero attached hydrogens (tertiary/aromatic N) is 1. The van der Waals surface area contributed by atoms with Gasteiger partial charge in [0.05, 0.1) is 12.6 Å². The average molecular weight is 442 g/mol. The number of nitrogens with two attached hydrogens (primary N) is 1. The third-order valence-corrected chi connectivity index (χ3v) is 4.44. The second kappa shape index (κ2) is 9.48. The minimum Gasteiger partial charge on any atom is -0.441 e. The van der Waals surface area contributed by atoms with Gasteiger partial charge in [-0.2, -0.15) is 0 Å². The molecule has 4 N–H and O–H groups in total. The van der Waals surface area contributed by atoms with E-state index >= 15 is 0 Å². The first-order chi connectivity index (χ1) is 14.2. The minimum atomic E-state index is -4.76. The Labute approximate surface area is 175 Å². The molecule has 3 rings (SSSR count). The van der Waals surface area contributed by atoms with Crippen LogP contribution >= 0.6 is 11.6 Å². The first kappa shape index (κ1) is 22.1. The van der Waals surface area contributed by atoms with E-state index in [1.807, 2.05) is 0 Å². The Morgan fingerprint density at radius 3 is 2.43 bits per heavy atom. The minimum absolute atomic E-state index is 0.0924. The zero-order valence-corrected chi connectivity index (χ0v) is 16.3. The van der Waals surface area contributed by atoms with Crippen molar-refractivity contribution in [2.24, 2.45) is 10.7 Å². The summed E-state index contributed by atoms with van der Waals surface area (Å²) in [4.78, 5) is 4.27. The molecule has 0 saturated carbocycles. The van der Waals surface area contributed by atoms with Crippen LogP contribution in [0.5, 0.6) is 5.75 Å². The van der Waals surface area contributed by atoms with Gasteiger partial charge in [0.25, 0.3) is 0 Å². The second-order valence-electron chi connectivity index (χ2n) is 6.33. The van der Waals surface area contributed by atoms with Gasteiger partial charge in [-0.05, 0) is 48.0 Å². The molecule has 0 spiro atoms. The van der Waals surface area contributed by atoms with Gasteiger partial charge in [0.1, 0.15) is 17.7 Å². The number of benzene rings is 2. The molecule has 2 atom stereocenters. The summed E-state index contributed by atoms with van der Waals surface area (Å²) in [5.41, 5.74) is 6.95. The SMILES string of the molecule is NCC(NC(O)c1ccc(Cl)cc1)C1=NCC=C(c2ccc(OC(F)(F)F)cc2)O1. The van der Waals surface area contributed by atoms with E-state index in [0.29, 0.717) is 28.5 Å². The molecule has 0 aromatic heterocycles. The fourth-order valence-corrected chi connectivity index (χ4v) is 2.88. The molecule has 10 heteroatoms. The number of aliphatic imine (C=N–C) groups is 1. The largest absolute Gasteiger partial charge is 0.573 e. The maximum atomic E-state index is 12.3. The summed E-state index contributed by atoms with van der Waals surface area (Å²) in [6.07, 6.45) is -4.10. The van der Waals surface area contributed by atoms with Crippen LogP contribution in [0, 0.1) is 0 Å². The van der Waals surface area contributed by atoms with E-state index in [-0.39, 0.29) is 18.2 Å². The van der Waals surface area contributed by atoms with E-state index in [1.165, 1.54) is 24.3 Å². The number of rotatable bonds is 7. The Hall–Kier alpha value is -2.59. The predicted octanol–water partition coefficient (Wildman–Crippen LogP) is 3.62. The average Bonchev–Trinajstić information content (AvgIpc) is 2.72. The van der Waals surface area contributed by atoms with E-state index in [4.69, 9.17) is 22.1 Å². The highest BCUT2D eigenvalue weighted by atomic mass is 35.5. The number of aliphatic hydroxyl groups excluding tert-OH is 1. The molecule has 1 aliphatic heterocycles. The van der Waals surface area contributed by atoms with Gasteiger partial charge in [0.2, 0.25) is 5.90 Å². The fourth-order valence-electron chi connectivity index (χ4n) is 2.76. The fraction of sp³-hybridized carbons (Fsp3) is 0.250. The van der Waals surface area contributed by atoms with Crippen molar-refractivity contribution >= 4 is 23.3 Å². The van der Waals surface area contributed by atoms with Gasteiger partial charge >= 0.3 is 6.36 Å². The monoisotopic (exact) mass is 441 g/mol. The summed E-state index contributed by atoms with van der Waals surface area (Å²) in [5, 5.41) is 13.9. The summed E-state index contributed by atoms with van der Waals surface area (Å²) in [6.45, 7) is 0.385. The molecule has 0 fully saturated rings. The lowest BCUT2D eigenvalue weighted by Gasteiger charge is -2.25. The standard InChI is InChI=1S/C20H19ClF3N3O3/c21-14-5-1-13(2-6-14)18(28)27-16(11-25)19-26-10-9-17(29-19)12-3-7-15(8-4-12)30-20(22,23)24/h1-9,16,18,27-28H,10-11,25H2. The van der Waals surface area contributed by atoms with Crippen molar-refractivity contribution < 1.29 is 27.8 Å². The molecule has 1 heterocycles. The van der Waals surface area contributed by atoms with Crippen molar-refractivity contribution in [1.29, 1.82) is 0 Å². The second-order valence-corrected chi connectivity index (χ2v) is 6.77. The zero-order chi connectivity index (χ0) is 21.7. The van der Waals surface area contributed by atoms with Crippen LogP contribution in [0.15, 0.2) is 59.6 Å². The van der Waals surface area contributed by atoms with Crippen LogP contribution in [0.2, 0.25) is 5.02 Å². The normalized spacial score (nSPS) is 16.2. The van der Waals surface area contributed by atoms with Crippen LogP contribution in [0.25, 0.3) is 5.76 Å². The van der Waals surface area contributed by atoms with Gasteiger partial charge in [-0.25, -0.2) is 4.99 Å². The Kier molecular flexibility index (Phi) is 6.99. The molecule has 0 saturated heterocycles. The van der Waals surface area contributed by atoms with Crippen LogP contribution in [-0.2, 0) is 4.74 Å². The van der Waals surface area contributed by atoms with Crippen molar-refractivity contribution in [3.05, 3.63) is 70.8 Å². The Morgan fingerprint density at radius 2 is 1.83 bits per heavy atom. The highest BCUT2D eigenvalue weighted by molar-refractivity contribution is 6.30.